The van der Waals surface area contributed by atoms with E-state index in [0.29, 0.717) is 12.3 Å². The molecular formula is C14H22N2O3. The number of piperazine rings is 1. The lowest BCUT2D eigenvalue weighted by Crippen LogP contribution is -2.50. The molecule has 106 valence electrons. The third-order valence-electron chi connectivity index (χ3n) is 3.25. The molecule has 0 bridgehead atoms. The fourth-order valence-electron chi connectivity index (χ4n) is 2.42. The number of rotatable bonds is 5. The Bertz CT molecular complexity index is 415. The zero-order valence-corrected chi connectivity index (χ0v) is 11.6. The first kappa shape index (κ1) is 14.2. The van der Waals surface area contributed by atoms with E-state index in [-0.39, 0.29) is 0 Å². The van der Waals surface area contributed by atoms with Gasteiger partial charge in [-0.3, -0.25) is 14.6 Å². The first-order valence-corrected chi connectivity index (χ1v) is 6.67. The van der Waals surface area contributed by atoms with Gasteiger partial charge in [-0.05, 0) is 26.0 Å². The first-order chi connectivity index (χ1) is 8.96. The number of aldehydes is 1. The average molecular weight is 266 g/mol. The van der Waals surface area contributed by atoms with Gasteiger partial charge < -0.3 is 9.52 Å². The first-order valence-electron chi connectivity index (χ1n) is 6.67. The highest BCUT2D eigenvalue weighted by atomic mass is 16.3. The van der Waals surface area contributed by atoms with Crippen molar-refractivity contribution in [2.45, 2.75) is 26.0 Å². The molecule has 1 saturated heterocycles. The van der Waals surface area contributed by atoms with Gasteiger partial charge >= 0.3 is 0 Å². The summed E-state index contributed by atoms with van der Waals surface area (Å²) in [6, 6.07) is 3.56. The number of hydrogen-bond acceptors (Lipinski definition) is 5. The van der Waals surface area contributed by atoms with Gasteiger partial charge in [-0.15, -0.1) is 0 Å². The van der Waals surface area contributed by atoms with Gasteiger partial charge in [0.25, 0.3) is 0 Å². The summed E-state index contributed by atoms with van der Waals surface area (Å²) in [6.07, 6.45) is 0.727. The second kappa shape index (κ2) is 5.86. The molecule has 0 aromatic carbocycles. The predicted molar refractivity (Wildman–Crippen MR) is 72.1 cm³/mol. The van der Waals surface area contributed by atoms with Crippen molar-refractivity contribution in [2.75, 3.05) is 32.7 Å². The molecule has 0 atom stereocenters. The van der Waals surface area contributed by atoms with E-state index in [2.05, 4.69) is 9.80 Å². The maximum atomic E-state index is 10.6. The average Bonchev–Trinajstić information content (AvgIpc) is 2.77. The monoisotopic (exact) mass is 266 g/mol. The summed E-state index contributed by atoms with van der Waals surface area (Å²) in [5, 5.41) is 9.80. The SMILES string of the molecule is CC(C)(O)CN1CCN(Cc2ccc(C=O)o2)CC1. The smallest absolute Gasteiger partial charge is 0.185 e. The number of aliphatic hydroxyl groups is 1. The fourth-order valence-corrected chi connectivity index (χ4v) is 2.42. The van der Waals surface area contributed by atoms with Crippen LogP contribution in [-0.2, 0) is 6.54 Å². The quantitative estimate of drug-likeness (QED) is 0.805. The summed E-state index contributed by atoms with van der Waals surface area (Å²) >= 11 is 0. The molecule has 0 radical (unpaired) electrons. The van der Waals surface area contributed by atoms with Gasteiger partial charge in [0.05, 0.1) is 12.1 Å². The lowest BCUT2D eigenvalue weighted by Gasteiger charge is -2.36. The van der Waals surface area contributed by atoms with Gasteiger partial charge in [0.15, 0.2) is 12.0 Å². The number of hydrogen-bond donors (Lipinski definition) is 1. The van der Waals surface area contributed by atoms with Crippen LogP contribution in [0, 0.1) is 0 Å². The van der Waals surface area contributed by atoms with Gasteiger partial charge in [-0.2, -0.15) is 0 Å². The van der Waals surface area contributed by atoms with Gasteiger partial charge in [0.2, 0.25) is 0 Å². The van der Waals surface area contributed by atoms with Crippen LogP contribution in [0.5, 0.6) is 0 Å². The van der Waals surface area contributed by atoms with E-state index in [9.17, 15) is 9.90 Å². The van der Waals surface area contributed by atoms with E-state index in [0.717, 1.165) is 44.8 Å². The Morgan fingerprint density at radius 1 is 1.26 bits per heavy atom. The summed E-state index contributed by atoms with van der Waals surface area (Å²) in [5.74, 6) is 1.22. The normalized spacial score (nSPS) is 18.7. The third-order valence-corrected chi connectivity index (χ3v) is 3.25. The summed E-state index contributed by atoms with van der Waals surface area (Å²) in [7, 11) is 0. The lowest BCUT2D eigenvalue weighted by molar-refractivity contribution is 0.0158. The highest BCUT2D eigenvalue weighted by Gasteiger charge is 2.23. The molecule has 1 aromatic heterocycles. The molecule has 1 fully saturated rings. The third kappa shape index (κ3) is 4.45. The minimum atomic E-state index is -0.637. The van der Waals surface area contributed by atoms with Crippen LogP contribution >= 0.6 is 0 Å². The molecule has 1 aliphatic rings. The van der Waals surface area contributed by atoms with Crippen molar-refractivity contribution in [3.63, 3.8) is 0 Å². The molecule has 2 rings (SSSR count). The van der Waals surface area contributed by atoms with Gasteiger partial charge in [-0.25, -0.2) is 0 Å². The summed E-state index contributed by atoms with van der Waals surface area (Å²) in [6.45, 7) is 8.92. The van der Waals surface area contributed by atoms with Crippen LogP contribution in [0.25, 0.3) is 0 Å². The molecule has 5 nitrogen and oxygen atoms in total. The van der Waals surface area contributed by atoms with Crippen LogP contribution < -0.4 is 0 Å². The minimum absolute atomic E-state index is 0.385. The molecule has 2 heterocycles. The van der Waals surface area contributed by atoms with E-state index in [1.54, 1.807) is 6.07 Å². The van der Waals surface area contributed by atoms with Gasteiger partial charge in [0, 0.05) is 32.7 Å². The minimum Gasteiger partial charge on any atom is -0.457 e. The Kier molecular flexibility index (Phi) is 4.39. The van der Waals surface area contributed by atoms with Crippen molar-refractivity contribution in [1.29, 1.82) is 0 Å². The Hall–Kier alpha value is -1.17. The highest BCUT2D eigenvalue weighted by Crippen LogP contribution is 2.13. The summed E-state index contributed by atoms with van der Waals surface area (Å²) in [5.41, 5.74) is -0.637. The zero-order chi connectivity index (χ0) is 13.9. The van der Waals surface area contributed by atoms with Crippen molar-refractivity contribution in [2.24, 2.45) is 0 Å². The lowest BCUT2D eigenvalue weighted by atomic mass is 10.1. The van der Waals surface area contributed by atoms with Gasteiger partial charge in [0.1, 0.15) is 5.76 Å². The van der Waals surface area contributed by atoms with E-state index in [1.165, 1.54) is 0 Å². The van der Waals surface area contributed by atoms with Crippen molar-refractivity contribution >= 4 is 6.29 Å². The molecule has 1 N–H and O–H groups in total. The van der Waals surface area contributed by atoms with E-state index >= 15 is 0 Å². The largest absolute Gasteiger partial charge is 0.457 e. The van der Waals surface area contributed by atoms with Crippen molar-refractivity contribution in [1.82, 2.24) is 9.80 Å². The number of carbonyl (C=O) groups is 1. The number of furan rings is 1. The van der Waals surface area contributed by atoms with Crippen molar-refractivity contribution < 1.29 is 14.3 Å². The maximum Gasteiger partial charge on any atom is 0.185 e. The van der Waals surface area contributed by atoms with E-state index < -0.39 is 5.60 Å². The van der Waals surface area contributed by atoms with Crippen LogP contribution in [0.4, 0.5) is 0 Å². The Morgan fingerprint density at radius 2 is 1.89 bits per heavy atom. The van der Waals surface area contributed by atoms with Crippen LogP contribution in [0.1, 0.15) is 30.2 Å². The molecule has 1 aliphatic heterocycles. The molecule has 1 aromatic rings. The topological polar surface area (TPSA) is 56.9 Å². The maximum absolute atomic E-state index is 10.6. The second-order valence-corrected chi connectivity index (χ2v) is 5.79. The number of carbonyl (C=O) groups excluding carboxylic acids is 1. The van der Waals surface area contributed by atoms with Crippen LogP contribution in [0.2, 0.25) is 0 Å². The summed E-state index contributed by atoms with van der Waals surface area (Å²) < 4.78 is 5.38. The Balaban J connectivity index is 1.78. The van der Waals surface area contributed by atoms with Crippen LogP contribution in [0.15, 0.2) is 16.5 Å². The molecule has 0 spiro atoms. The number of nitrogens with zero attached hydrogens (tertiary/aromatic N) is 2. The standard InChI is InChI=1S/C14H22N2O3/c1-14(2,18)11-16-7-5-15(6-8-16)9-12-3-4-13(10-17)19-12/h3-4,10,18H,5-9,11H2,1-2H3. The van der Waals surface area contributed by atoms with E-state index in [4.69, 9.17) is 4.42 Å². The zero-order valence-electron chi connectivity index (χ0n) is 11.6. The Morgan fingerprint density at radius 3 is 2.42 bits per heavy atom. The van der Waals surface area contributed by atoms with Crippen molar-refractivity contribution in [3.8, 4) is 0 Å². The highest BCUT2D eigenvalue weighted by molar-refractivity contribution is 5.70. The van der Waals surface area contributed by atoms with E-state index in [1.807, 2.05) is 19.9 Å². The molecular weight excluding hydrogens is 244 g/mol. The second-order valence-electron chi connectivity index (χ2n) is 5.79. The molecule has 5 heteroatoms. The molecule has 19 heavy (non-hydrogen) atoms. The van der Waals surface area contributed by atoms with Crippen LogP contribution in [0.3, 0.4) is 0 Å². The Labute approximate surface area is 113 Å². The molecule has 0 amide bonds. The molecule has 0 unspecified atom stereocenters. The van der Waals surface area contributed by atoms with Crippen LogP contribution in [-0.4, -0.2) is 59.5 Å². The van der Waals surface area contributed by atoms with Crippen molar-refractivity contribution in [3.05, 3.63) is 23.7 Å². The number of β-amino-alcohol motifs (C(OH)–C–C–N with tert-alkyl or cyclic N) is 1. The predicted octanol–water partition coefficient (Wildman–Crippen LogP) is 0.981. The molecule has 0 saturated carbocycles. The fraction of sp³-hybridized carbons (Fsp3) is 0.643. The van der Waals surface area contributed by atoms with Gasteiger partial charge in [-0.1, -0.05) is 0 Å². The molecule has 0 aliphatic carbocycles. The summed E-state index contributed by atoms with van der Waals surface area (Å²) in [4.78, 5) is 15.1.